The predicted molar refractivity (Wildman–Crippen MR) is 75.4 cm³/mol. The molecule has 0 aliphatic carbocycles. The Morgan fingerprint density at radius 1 is 1.33 bits per heavy atom. The molecule has 0 saturated carbocycles. The van der Waals surface area contributed by atoms with Gasteiger partial charge in [0.15, 0.2) is 0 Å². The molecule has 1 heterocycles. The van der Waals surface area contributed by atoms with Gasteiger partial charge in [0.1, 0.15) is 0 Å². The van der Waals surface area contributed by atoms with Crippen LogP contribution in [0.4, 0.5) is 0 Å². The molecule has 1 saturated heterocycles. The monoisotopic (exact) mass is 290 g/mol. The summed E-state index contributed by atoms with van der Waals surface area (Å²) in [6, 6.07) is 9.62. The summed E-state index contributed by atoms with van der Waals surface area (Å²) < 4.78 is 25.9. The fraction of sp³-hybridized carbons (Fsp3) is 0.500. The Labute approximate surface area is 115 Å². The smallest absolute Gasteiger partial charge is 0.218 e. The molecule has 1 aromatic carbocycles. The molecule has 1 atom stereocenters. The maximum atomic E-state index is 12.2. The molecule has 1 N–H and O–H groups in total. The molecule has 2 rings (SSSR count). The zero-order chi connectivity index (χ0) is 12.3. The molecule has 0 spiro atoms. The zero-order valence-corrected chi connectivity index (χ0v) is 12.0. The van der Waals surface area contributed by atoms with E-state index in [1.165, 1.54) is 0 Å². The molecule has 0 radical (unpaired) electrons. The zero-order valence-electron chi connectivity index (χ0n) is 10.4. The van der Waals surface area contributed by atoms with E-state index in [1.807, 2.05) is 37.4 Å². The Balaban J connectivity index is 0.00000162. The van der Waals surface area contributed by atoms with Gasteiger partial charge in [0.25, 0.3) is 0 Å². The Morgan fingerprint density at radius 3 is 2.56 bits per heavy atom. The minimum absolute atomic E-state index is 0. The molecule has 1 aromatic rings. The first kappa shape index (κ1) is 15.4. The number of halogens is 1. The van der Waals surface area contributed by atoms with Crippen LogP contribution in [0.25, 0.3) is 0 Å². The number of sulfonamides is 1. The van der Waals surface area contributed by atoms with Crippen molar-refractivity contribution in [2.75, 3.05) is 20.1 Å². The quantitative estimate of drug-likeness (QED) is 0.907. The Kier molecular flexibility index (Phi) is 5.59. The molecule has 0 amide bonds. The highest BCUT2D eigenvalue weighted by Crippen LogP contribution is 2.17. The maximum Gasteiger partial charge on any atom is 0.218 e. The third-order valence-electron chi connectivity index (χ3n) is 3.14. The van der Waals surface area contributed by atoms with E-state index >= 15 is 0 Å². The minimum Gasteiger partial charge on any atom is -0.316 e. The summed E-state index contributed by atoms with van der Waals surface area (Å²) >= 11 is 0. The molecule has 102 valence electrons. The summed E-state index contributed by atoms with van der Waals surface area (Å²) in [6.45, 7) is 1.21. The van der Waals surface area contributed by atoms with E-state index in [1.54, 1.807) is 4.31 Å². The lowest BCUT2D eigenvalue weighted by Crippen LogP contribution is -2.34. The van der Waals surface area contributed by atoms with Crippen molar-refractivity contribution < 1.29 is 8.42 Å². The van der Waals surface area contributed by atoms with Crippen LogP contribution in [0, 0.1) is 0 Å². The second-order valence-electron chi connectivity index (χ2n) is 4.37. The lowest BCUT2D eigenvalue weighted by atomic mass is 10.2. The molecule has 1 aliphatic rings. The van der Waals surface area contributed by atoms with E-state index in [-0.39, 0.29) is 18.2 Å². The highest BCUT2D eigenvalue weighted by Gasteiger charge is 2.30. The summed E-state index contributed by atoms with van der Waals surface area (Å²) in [5, 5.41) is 3.12. The van der Waals surface area contributed by atoms with Crippen LogP contribution in [0.3, 0.4) is 0 Å². The summed E-state index contributed by atoms with van der Waals surface area (Å²) in [6.07, 6.45) is 0.893. The summed E-state index contributed by atoms with van der Waals surface area (Å²) in [5.74, 6) is 0.101. The fourth-order valence-corrected chi connectivity index (χ4v) is 3.68. The van der Waals surface area contributed by atoms with E-state index in [0.717, 1.165) is 12.0 Å². The van der Waals surface area contributed by atoms with Crippen molar-refractivity contribution in [1.29, 1.82) is 0 Å². The summed E-state index contributed by atoms with van der Waals surface area (Å²) in [5.41, 5.74) is 0.848. The van der Waals surface area contributed by atoms with Crippen LogP contribution in [0.15, 0.2) is 30.3 Å². The van der Waals surface area contributed by atoms with Gasteiger partial charge in [-0.05, 0) is 19.0 Å². The molecule has 0 aromatic heterocycles. The van der Waals surface area contributed by atoms with Gasteiger partial charge >= 0.3 is 0 Å². The number of hydrogen-bond donors (Lipinski definition) is 1. The number of benzene rings is 1. The van der Waals surface area contributed by atoms with Gasteiger partial charge in [0, 0.05) is 19.1 Å². The van der Waals surface area contributed by atoms with E-state index in [2.05, 4.69) is 5.32 Å². The van der Waals surface area contributed by atoms with Crippen LogP contribution < -0.4 is 5.32 Å². The topological polar surface area (TPSA) is 49.4 Å². The number of likely N-dealkylation sites (N-methyl/N-ethyl adjacent to an activating group) is 1. The van der Waals surface area contributed by atoms with E-state index in [0.29, 0.717) is 19.1 Å². The molecule has 1 unspecified atom stereocenters. The van der Waals surface area contributed by atoms with Gasteiger partial charge in [0.05, 0.1) is 5.75 Å². The lowest BCUT2D eigenvalue weighted by Gasteiger charge is -2.16. The van der Waals surface area contributed by atoms with Crippen molar-refractivity contribution >= 4 is 22.4 Å². The molecule has 0 bridgehead atoms. The van der Waals surface area contributed by atoms with Gasteiger partial charge in [-0.2, -0.15) is 0 Å². The number of nitrogens with one attached hydrogen (secondary N) is 1. The van der Waals surface area contributed by atoms with E-state index in [9.17, 15) is 8.42 Å². The number of hydrogen-bond acceptors (Lipinski definition) is 3. The first-order chi connectivity index (χ1) is 8.12. The standard InChI is InChI=1S/C12H18N2O2S.ClH/c1-13-12-7-8-14(9-12)17(15,16)10-11-5-3-2-4-6-11;/h2-6,12-13H,7-10H2,1H3;1H. The largest absolute Gasteiger partial charge is 0.316 e. The van der Waals surface area contributed by atoms with Crippen molar-refractivity contribution in [3.05, 3.63) is 35.9 Å². The van der Waals surface area contributed by atoms with Gasteiger partial charge < -0.3 is 5.32 Å². The number of rotatable bonds is 4. The molecular formula is C12H19ClN2O2S. The van der Waals surface area contributed by atoms with E-state index < -0.39 is 10.0 Å². The Morgan fingerprint density at radius 2 is 2.00 bits per heavy atom. The predicted octanol–water partition coefficient (Wildman–Crippen LogP) is 1.23. The molecule has 18 heavy (non-hydrogen) atoms. The third kappa shape index (κ3) is 3.68. The third-order valence-corrected chi connectivity index (χ3v) is 4.96. The van der Waals surface area contributed by atoms with Crippen LogP contribution in [-0.4, -0.2) is 38.9 Å². The molecule has 1 fully saturated rings. The van der Waals surface area contributed by atoms with Crippen LogP contribution in [-0.2, 0) is 15.8 Å². The summed E-state index contributed by atoms with van der Waals surface area (Å²) in [4.78, 5) is 0. The van der Waals surface area contributed by atoms with Crippen LogP contribution in [0.5, 0.6) is 0 Å². The van der Waals surface area contributed by atoms with Crippen molar-refractivity contribution in [3.8, 4) is 0 Å². The van der Waals surface area contributed by atoms with Crippen molar-refractivity contribution in [2.24, 2.45) is 0 Å². The first-order valence-corrected chi connectivity index (χ1v) is 7.42. The average Bonchev–Trinajstić information content (AvgIpc) is 2.79. The van der Waals surface area contributed by atoms with E-state index in [4.69, 9.17) is 0 Å². The number of nitrogens with zero attached hydrogens (tertiary/aromatic N) is 1. The fourth-order valence-electron chi connectivity index (χ4n) is 2.09. The van der Waals surface area contributed by atoms with Crippen molar-refractivity contribution in [2.45, 2.75) is 18.2 Å². The van der Waals surface area contributed by atoms with Crippen LogP contribution in [0.2, 0.25) is 0 Å². The first-order valence-electron chi connectivity index (χ1n) is 5.81. The SMILES string of the molecule is CNC1CCN(S(=O)(=O)Cc2ccccc2)C1.Cl. The molecule has 6 heteroatoms. The van der Waals surface area contributed by atoms with Gasteiger partial charge in [-0.25, -0.2) is 12.7 Å². The van der Waals surface area contributed by atoms with Crippen LogP contribution in [0.1, 0.15) is 12.0 Å². The van der Waals surface area contributed by atoms with Crippen LogP contribution >= 0.6 is 12.4 Å². The normalized spacial score (nSPS) is 20.6. The summed E-state index contributed by atoms with van der Waals surface area (Å²) in [7, 11) is -1.29. The molecular weight excluding hydrogens is 272 g/mol. The highest BCUT2D eigenvalue weighted by atomic mass is 35.5. The second kappa shape index (κ2) is 6.52. The van der Waals surface area contributed by atoms with Gasteiger partial charge in [-0.1, -0.05) is 30.3 Å². The lowest BCUT2D eigenvalue weighted by molar-refractivity contribution is 0.464. The van der Waals surface area contributed by atoms with Gasteiger partial charge in [-0.15, -0.1) is 12.4 Å². The molecule has 4 nitrogen and oxygen atoms in total. The Hall–Kier alpha value is -0.620. The second-order valence-corrected chi connectivity index (χ2v) is 6.34. The van der Waals surface area contributed by atoms with Crippen molar-refractivity contribution in [1.82, 2.24) is 9.62 Å². The average molecular weight is 291 g/mol. The molecule has 1 aliphatic heterocycles. The minimum atomic E-state index is -3.16. The van der Waals surface area contributed by atoms with Crippen molar-refractivity contribution in [3.63, 3.8) is 0 Å². The Bertz CT molecular complexity index is 464. The van der Waals surface area contributed by atoms with Gasteiger partial charge in [-0.3, -0.25) is 0 Å². The maximum absolute atomic E-state index is 12.2. The van der Waals surface area contributed by atoms with Gasteiger partial charge in [0.2, 0.25) is 10.0 Å². The highest BCUT2D eigenvalue weighted by molar-refractivity contribution is 7.88.